The van der Waals surface area contributed by atoms with Gasteiger partial charge >= 0.3 is 0 Å². The fourth-order valence-electron chi connectivity index (χ4n) is 2.97. The Hall–Kier alpha value is -1.42. The molecule has 2 fully saturated rings. The van der Waals surface area contributed by atoms with Crippen LogP contribution in [0.3, 0.4) is 0 Å². The maximum Gasteiger partial charge on any atom is 0.152 e. The van der Waals surface area contributed by atoms with E-state index in [9.17, 15) is 9.18 Å². The second kappa shape index (κ2) is 4.69. The van der Waals surface area contributed by atoms with Crippen molar-refractivity contribution in [2.45, 2.75) is 43.9 Å². The summed E-state index contributed by atoms with van der Waals surface area (Å²) in [7, 11) is 0. The summed E-state index contributed by atoms with van der Waals surface area (Å²) >= 11 is 0. The summed E-state index contributed by atoms with van der Waals surface area (Å²) in [5.74, 6) is 0.00352. The largest absolute Gasteiger partial charge is 0.490 e. The van der Waals surface area contributed by atoms with Crippen molar-refractivity contribution in [3.8, 4) is 5.75 Å². The van der Waals surface area contributed by atoms with Crippen molar-refractivity contribution < 1.29 is 13.9 Å². The van der Waals surface area contributed by atoms with E-state index in [0.29, 0.717) is 24.1 Å². The smallest absolute Gasteiger partial charge is 0.152 e. The molecule has 96 valence electrons. The van der Waals surface area contributed by atoms with Crippen molar-refractivity contribution in [3.05, 3.63) is 29.6 Å². The maximum atomic E-state index is 13.4. The number of fused-ring (bicyclic) bond motifs is 2. The predicted molar refractivity (Wildman–Crippen MR) is 65.4 cm³/mol. The number of carbonyl (C=O) groups is 1. The first kappa shape index (κ1) is 11.7. The molecule has 2 aliphatic rings. The van der Waals surface area contributed by atoms with Crippen molar-refractivity contribution in [2.24, 2.45) is 0 Å². The van der Waals surface area contributed by atoms with Crippen LogP contribution in [0.4, 0.5) is 4.39 Å². The normalized spacial score (nSPS) is 30.2. The van der Waals surface area contributed by atoms with Gasteiger partial charge in [-0.25, -0.2) is 4.39 Å². The Bertz CT molecular complexity index is 451. The van der Waals surface area contributed by atoms with Crippen LogP contribution in [-0.4, -0.2) is 24.5 Å². The molecule has 0 amide bonds. The first-order valence-corrected chi connectivity index (χ1v) is 6.42. The molecular formula is C14H16FNO2. The van der Waals surface area contributed by atoms with Crippen LogP contribution >= 0.6 is 0 Å². The number of benzene rings is 1. The molecular weight excluding hydrogens is 233 g/mol. The van der Waals surface area contributed by atoms with E-state index in [0.717, 1.165) is 12.8 Å². The number of carbonyl (C=O) groups excluding carboxylic acids is 1. The lowest BCUT2D eigenvalue weighted by Crippen LogP contribution is -2.42. The quantitative estimate of drug-likeness (QED) is 0.835. The van der Waals surface area contributed by atoms with Gasteiger partial charge in [-0.3, -0.25) is 4.79 Å². The molecule has 1 aromatic rings. The van der Waals surface area contributed by atoms with E-state index in [1.54, 1.807) is 6.07 Å². The monoisotopic (exact) mass is 249 g/mol. The zero-order valence-corrected chi connectivity index (χ0v) is 10.1. The van der Waals surface area contributed by atoms with E-state index in [-0.39, 0.29) is 11.7 Å². The number of ether oxygens (including phenoxy) is 1. The van der Waals surface area contributed by atoms with Crippen LogP contribution in [-0.2, 0) is 0 Å². The van der Waals surface area contributed by atoms with Gasteiger partial charge in [0, 0.05) is 18.2 Å². The summed E-state index contributed by atoms with van der Waals surface area (Å²) in [6.45, 7) is 0. The highest BCUT2D eigenvalue weighted by Gasteiger charge is 2.34. The zero-order chi connectivity index (χ0) is 12.5. The number of nitrogens with one attached hydrogen (secondary N) is 1. The van der Waals surface area contributed by atoms with Gasteiger partial charge in [0.05, 0.1) is 5.56 Å². The number of aldehydes is 1. The van der Waals surface area contributed by atoms with Gasteiger partial charge in [0.15, 0.2) is 6.29 Å². The van der Waals surface area contributed by atoms with Gasteiger partial charge in [-0.05, 0) is 37.8 Å². The molecule has 3 rings (SSSR count). The number of piperidine rings is 1. The van der Waals surface area contributed by atoms with Crippen LogP contribution in [0.2, 0.25) is 0 Å². The van der Waals surface area contributed by atoms with Crippen molar-refractivity contribution in [1.82, 2.24) is 5.32 Å². The van der Waals surface area contributed by atoms with Crippen LogP contribution in [0.25, 0.3) is 0 Å². The maximum absolute atomic E-state index is 13.4. The third-order valence-electron chi connectivity index (χ3n) is 3.83. The lowest BCUT2D eigenvalue weighted by molar-refractivity contribution is 0.111. The molecule has 2 saturated heterocycles. The molecule has 2 heterocycles. The minimum absolute atomic E-state index is 0.0766. The minimum Gasteiger partial charge on any atom is -0.490 e. The van der Waals surface area contributed by atoms with Crippen LogP contribution in [0.15, 0.2) is 18.2 Å². The average molecular weight is 249 g/mol. The Morgan fingerprint density at radius 3 is 2.61 bits per heavy atom. The molecule has 2 unspecified atom stereocenters. The van der Waals surface area contributed by atoms with E-state index in [2.05, 4.69) is 5.32 Å². The van der Waals surface area contributed by atoms with Gasteiger partial charge in [0.2, 0.25) is 0 Å². The summed E-state index contributed by atoms with van der Waals surface area (Å²) in [5, 5.41) is 3.54. The Kier molecular flexibility index (Phi) is 3.04. The Morgan fingerprint density at radius 1 is 1.28 bits per heavy atom. The first-order valence-electron chi connectivity index (χ1n) is 6.42. The van der Waals surface area contributed by atoms with E-state index < -0.39 is 5.82 Å². The van der Waals surface area contributed by atoms with Gasteiger partial charge in [-0.15, -0.1) is 0 Å². The molecule has 3 nitrogen and oxygen atoms in total. The van der Waals surface area contributed by atoms with Gasteiger partial charge in [-0.2, -0.15) is 0 Å². The summed E-state index contributed by atoms with van der Waals surface area (Å²) in [6.07, 6.45) is 5.06. The van der Waals surface area contributed by atoms with Crippen LogP contribution < -0.4 is 10.1 Å². The minimum atomic E-state index is -0.514. The Balaban J connectivity index is 1.69. The molecule has 2 bridgehead atoms. The Labute approximate surface area is 105 Å². The topological polar surface area (TPSA) is 38.3 Å². The molecule has 4 heteroatoms. The number of hydrogen-bond acceptors (Lipinski definition) is 3. The molecule has 0 spiro atoms. The molecule has 0 radical (unpaired) electrons. The molecule has 0 aliphatic carbocycles. The molecule has 0 saturated carbocycles. The van der Waals surface area contributed by atoms with E-state index >= 15 is 0 Å². The van der Waals surface area contributed by atoms with Crippen molar-refractivity contribution in [3.63, 3.8) is 0 Å². The standard InChI is InChI=1S/C14H16FNO2/c15-14-7-12(4-1-9(14)8-17)18-13-5-10-2-3-11(6-13)16-10/h1,4,7-8,10-11,13,16H,2-3,5-6H2/t10-,11?,13?/m0/s1. The van der Waals surface area contributed by atoms with Gasteiger partial charge < -0.3 is 10.1 Å². The SMILES string of the molecule is O=Cc1ccc(OC2CC3CC[C@@H](C2)N3)cc1F. The molecule has 0 aromatic heterocycles. The molecule has 2 aliphatic heterocycles. The summed E-state index contributed by atoms with van der Waals surface area (Å²) < 4.78 is 19.3. The predicted octanol–water partition coefficient (Wildman–Crippen LogP) is 2.30. The highest BCUT2D eigenvalue weighted by molar-refractivity contribution is 5.75. The van der Waals surface area contributed by atoms with E-state index in [4.69, 9.17) is 4.74 Å². The third kappa shape index (κ3) is 2.25. The lowest BCUT2D eigenvalue weighted by Gasteiger charge is -2.29. The highest BCUT2D eigenvalue weighted by Crippen LogP contribution is 2.29. The first-order chi connectivity index (χ1) is 8.74. The van der Waals surface area contributed by atoms with Crippen molar-refractivity contribution in [1.29, 1.82) is 0 Å². The highest BCUT2D eigenvalue weighted by atomic mass is 19.1. The van der Waals surface area contributed by atoms with Crippen molar-refractivity contribution in [2.75, 3.05) is 0 Å². The second-order valence-corrected chi connectivity index (χ2v) is 5.15. The molecule has 3 atom stereocenters. The average Bonchev–Trinajstić information content (AvgIpc) is 2.69. The lowest BCUT2D eigenvalue weighted by atomic mass is 10.0. The molecule has 1 N–H and O–H groups in total. The van der Waals surface area contributed by atoms with Gasteiger partial charge in [-0.1, -0.05) is 0 Å². The van der Waals surface area contributed by atoms with Crippen LogP contribution in [0, 0.1) is 5.82 Å². The second-order valence-electron chi connectivity index (χ2n) is 5.15. The summed E-state index contributed by atoms with van der Waals surface area (Å²) in [5.41, 5.74) is 0.0766. The van der Waals surface area contributed by atoms with Gasteiger partial charge in [0.1, 0.15) is 17.7 Å². The van der Waals surface area contributed by atoms with Crippen LogP contribution in [0.1, 0.15) is 36.0 Å². The fraction of sp³-hybridized carbons (Fsp3) is 0.500. The van der Waals surface area contributed by atoms with Gasteiger partial charge in [0.25, 0.3) is 0 Å². The summed E-state index contributed by atoms with van der Waals surface area (Å²) in [6, 6.07) is 5.53. The zero-order valence-electron chi connectivity index (χ0n) is 10.1. The third-order valence-corrected chi connectivity index (χ3v) is 3.83. The Morgan fingerprint density at radius 2 is 2.00 bits per heavy atom. The summed E-state index contributed by atoms with van der Waals surface area (Å²) in [4.78, 5) is 10.5. The van der Waals surface area contributed by atoms with E-state index in [1.165, 1.54) is 25.0 Å². The van der Waals surface area contributed by atoms with Crippen molar-refractivity contribution >= 4 is 6.29 Å². The molecule has 18 heavy (non-hydrogen) atoms. The molecule has 1 aromatic carbocycles. The fourth-order valence-corrected chi connectivity index (χ4v) is 2.97. The number of hydrogen-bond donors (Lipinski definition) is 1. The van der Waals surface area contributed by atoms with E-state index in [1.807, 2.05) is 0 Å². The van der Waals surface area contributed by atoms with Crippen LogP contribution in [0.5, 0.6) is 5.75 Å². The number of halogens is 1. The number of rotatable bonds is 3.